The first-order valence-electron chi connectivity index (χ1n) is 9.32. The first kappa shape index (κ1) is 18.6. The van der Waals surface area contributed by atoms with Crippen LogP contribution < -0.4 is 10.6 Å². The molecule has 2 amide bonds. The number of nitrogens with zero attached hydrogens (tertiary/aromatic N) is 2. The summed E-state index contributed by atoms with van der Waals surface area (Å²) in [4.78, 5) is 25.1. The maximum atomic E-state index is 12.7. The highest BCUT2D eigenvalue weighted by molar-refractivity contribution is 7.17. The lowest BCUT2D eigenvalue weighted by Crippen LogP contribution is -2.40. The number of aromatic nitrogens is 2. The van der Waals surface area contributed by atoms with E-state index >= 15 is 0 Å². The Morgan fingerprint density at radius 3 is 2.93 bits per heavy atom. The molecule has 0 spiro atoms. The largest absolute Gasteiger partial charge is 0.391 e. The standard InChI is InChI=1S/C20H22N4O3S/c25-17-11-13(19(26)21-7-9-24-8-3-6-22-24)10-16(17)23-20(27)15-12-28-18-5-2-1-4-14(15)18/h1-6,8,12-13,16-17,25H,7,9-11H2,(H,21,26)(H,23,27)/t13-,16-,17-/m0/s1. The van der Waals surface area contributed by atoms with Gasteiger partial charge >= 0.3 is 0 Å². The number of rotatable bonds is 6. The van der Waals surface area contributed by atoms with Gasteiger partial charge in [-0.15, -0.1) is 11.3 Å². The summed E-state index contributed by atoms with van der Waals surface area (Å²) in [5.41, 5.74) is 0.611. The Bertz CT molecular complexity index is 969. The second kappa shape index (κ2) is 8.12. The van der Waals surface area contributed by atoms with Crippen LogP contribution in [0.25, 0.3) is 10.1 Å². The van der Waals surface area contributed by atoms with Gasteiger partial charge in [-0.3, -0.25) is 14.3 Å². The summed E-state index contributed by atoms with van der Waals surface area (Å²) in [6.45, 7) is 1.07. The summed E-state index contributed by atoms with van der Waals surface area (Å²) < 4.78 is 2.80. The Labute approximate surface area is 166 Å². The molecular formula is C20H22N4O3S. The topological polar surface area (TPSA) is 96.3 Å². The van der Waals surface area contributed by atoms with Gasteiger partial charge < -0.3 is 15.7 Å². The van der Waals surface area contributed by atoms with Crippen molar-refractivity contribution in [3.63, 3.8) is 0 Å². The fourth-order valence-corrected chi connectivity index (χ4v) is 4.60. The van der Waals surface area contributed by atoms with Gasteiger partial charge in [0.25, 0.3) is 5.91 Å². The van der Waals surface area contributed by atoms with Gasteiger partial charge in [-0.1, -0.05) is 18.2 Å². The molecule has 146 valence electrons. The van der Waals surface area contributed by atoms with Crippen molar-refractivity contribution in [2.24, 2.45) is 5.92 Å². The second-order valence-electron chi connectivity index (χ2n) is 7.02. The molecule has 3 N–H and O–H groups in total. The van der Waals surface area contributed by atoms with Crippen LogP contribution in [0.4, 0.5) is 0 Å². The fourth-order valence-electron chi connectivity index (χ4n) is 3.66. The van der Waals surface area contributed by atoms with Crippen molar-refractivity contribution in [2.45, 2.75) is 31.5 Å². The van der Waals surface area contributed by atoms with Crippen LogP contribution in [0.3, 0.4) is 0 Å². The van der Waals surface area contributed by atoms with Gasteiger partial charge in [-0.05, 0) is 25.0 Å². The number of carbonyl (C=O) groups excluding carboxylic acids is 2. The zero-order valence-electron chi connectivity index (χ0n) is 15.2. The zero-order chi connectivity index (χ0) is 19.5. The normalized spacial score (nSPS) is 21.7. The molecule has 0 aliphatic heterocycles. The number of amides is 2. The van der Waals surface area contributed by atoms with Crippen LogP contribution >= 0.6 is 11.3 Å². The van der Waals surface area contributed by atoms with Crippen molar-refractivity contribution in [2.75, 3.05) is 6.54 Å². The molecule has 2 heterocycles. The van der Waals surface area contributed by atoms with Gasteiger partial charge in [0.1, 0.15) is 0 Å². The molecule has 0 unspecified atom stereocenters. The minimum absolute atomic E-state index is 0.0936. The molecule has 28 heavy (non-hydrogen) atoms. The number of hydrogen-bond acceptors (Lipinski definition) is 5. The Morgan fingerprint density at radius 1 is 1.25 bits per heavy atom. The van der Waals surface area contributed by atoms with E-state index in [1.807, 2.05) is 41.9 Å². The molecule has 3 atom stereocenters. The molecule has 1 aliphatic carbocycles. The van der Waals surface area contributed by atoms with E-state index in [0.29, 0.717) is 31.5 Å². The molecule has 1 aliphatic rings. The van der Waals surface area contributed by atoms with Crippen LogP contribution in [-0.2, 0) is 11.3 Å². The number of carbonyl (C=O) groups is 2. The van der Waals surface area contributed by atoms with Gasteiger partial charge in [-0.25, -0.2) is 0 Å². The van der Waals surface area contributed by atoms with Crippen LogP contribution in [0.15, 0.2) is 48.1 Å². The number of fused-ring (bicyclic) bond motifs is 1. The van der Waals surface area contributed by atoms with E-state index in [9.17, 15) is 14.7 Å². The molecular weight excluding hydrogens is 376 g/mol. The number of thiophene rings is 1. The minimum Gasteiger partial charge on any atom is -0.391 e. The Balaban J connectivity index is 1.32. The van der Waals surface area contributed by atoms with E-state index in [1.165, 1.54) is 11.3 Å². The molecule has 2 aromatic heterocycles. The van der Waals surface area contributed by atoms with E-state index in [-0.39, 0.29) is 17.7 Å². The van der Waals surface area contributed by atoms with Crippen LogP contribution in [0.1, 0.15) is 23.2 Å². The van der Waals surface area contributed by atoms with Gasteiger partial charge in [0.2, 0.25) is 5.91 Å². The third kappa shape index (κ3) is 3.93. The molecule has 3 aromatic rings. The van der Waals surface area contributed by atoms with Crippen molar-refractivity contribution < 1.29 is 14.7 Å². The number of benzene rings is 1. The molecule has 1 aromatic carbocycles. The summed E-state index contributed by atoms with van der Waals surface area (Å²) in [5.74, 6) is -0.609. The summed E-state index contributed by atoms with van der Waals surface area (Å²) in [5, 5.41) is 23.0. The first-order valence-corrected chi connectivity index (χ1v) is 10.2. The molecule has 0 bridgehead atoms. The Morgan fingerprint density at radius 2 is 2.11 bits per heavy atom. The minimum atomic E-state index is -0.726. The number of nitrogens with one attached hydrogen (secondary N) is 2. The van der Waals surface area contributed by atoms with Crippen LogP contribution in [0, 0.1) is 5.92 Å². The lowest BCUT2D eigenvalue weighted by molar-refractivity contribution is -0.125. The van der Waals surface area contributed by atoms with Crippen molar-refractivity contribution in [3.8, 4) is 0 Å². The maximum absolute atomic E-state index is 12.7. The molecule has 0 saturated heterocycles. The highest BCUT2D eigenvalue weighted by Crippen LogP contribution is 2.29. The summed E-state index contributed by atoms with van der Waals surface area (Å²) in [7, 11) is 0. The van der Waals surface area contributed by atoms with Crippen molar-refractivity contribution >= 4 is 33.2 Å². The Kier molecular flexibility index (Phi) is 5.40. The molecule has 4 rings (SSSR count). The molecule has 1 fully saturated rings. The Hall–Kier alpha value is -2.71. The highest BCUT2D eigenvalue weighted by atomic mass is 32.1. The van der Waals surface area contributed by atoms with Crippen LogP contribution in [0.2, 0.25) is 0 Å². The van der Waals surface area contributed by atoms with E-state index in [2.05, 4.69) is 15.7 Å². The molecule has 0 radical (unpaired) electrons. The van der Waals surface area contributed by atoms with Gasteiger partial charge in [0.15, 0.2) is 0 Å². The van der Waals surface area contributed by atoms with Crippen LogP contribution in [0.5, 0.6) is 0 Å². The summed E-state index contributed by atoms with van der Waals surface area (Å²) >= 11 is 1.52. The third-order valence-corrected chi connectivity index (χ3v) is 6.10. The van der Waals surface area contributed by atoms with Gasteiger partial charge in [-0.2, -0.15) is 5.10 Å². The van der Waals surface area contributed by atoms with E-state index in [0.717, 1.165) is 10.1 Å². The van der Waals surface area contributed by atoms with Crippen molar-refractivity contribution in [1.82, 2.24) is 20.4 Å². The average molecular weight is 398 g/mol. The zero-order valence-corrected chi connectivity index (χ0v) is 16.1. The summed E-state index contributed by atoms with van der Waals surface area (Å²) in [6, 6.07) is 9.15. The fraction of sp³-hybridized carbons (Fsp3) is 0.350. The average Bonchev–Trinajstić information content (AvgIpc) is 3.42. The number of aliphatic hydroxyl groups is 1. The lowest BCUT2D eigenvalue weighted by atomic mass is 10.1. The van der Waals surface area contributed by atoms with E-state index in [4.69, 9.17) is 0 Å². The van der Waals surface area contributed by atoms with Gasteiger partial charge in [0, 0.05) is 40.3 Å². The van der Waals surface area contributed by atoms with Crippen molar-refractivity contribution in [3.05, 3.63) is 53.7 Å². The predicted octanol–water partition coefficient (Wildman–Crippen LogP) is 1.78. The smallest absolute Gasteiger partial charge is 0.253 e. The quantitative estimate of drug-likeness (QED) is 0.590. The second-order valence-corrected chi connectivity index (χ2v) is 7.93. The number of hydrogen-bond donors (Lipinski definition) is 3. The lowest BCUT2D eigenvalue weighted by Gasteiger charge is -2.16. The molecule has 8 heteroatoms. The van der Waals surface area contributed by atoms with Crippen LogP contribution in [-0.4, -0.2) is 45.4 Å². The predicted molar refractivity (Wildman–Crippen MR) is 107 cm³/mol. The molecule has 7 nitrogen and oxygen atoms in total. The van der Waals surface area contributed by atoms with E-state index < -0.39 is 12.1 Å². The van der Waals surface area contributed by atoms with Crippen molar-refractivity contribution in [1.29, 1.82) is 0 Å². The number of aliphatic hydroxyl groups excluding tert-OH is 1. The SMILES string of the molecule is O=C(N[C@H]1C[C@H](C(=O)NCCn2cccn2)C[C@@H]1O)c1csc2ccccc12. The maximum Gasteiger partial charge on any atom is 0.253 e. The highest BCUT2D eigenvalue weighted by Gasteiger charge is 2.37. The first-order chi connectivity index (χ1) is 13.6. The monoisotopic (exact) mass is 398 g/mol. The van der Waals surface area contributed by atoms with Gasteiger partial charge in [0.05, 0.1) is 24.3 Å². The third-order valence-electron chi connectivity index (χ3n) is 5.14. The molecule has 1 saturated carbocycles. The summed E-state index contributed by atoms with van der Waals surface area (Å²) in [6.07, 6.45) is 3.59. The van der Waals surface area contributed by atoms with E-state index in [1.54, 1.807) is 10.9 Å².